The first kappa shape index (κ1) is 13.0. The van der Waals surface area contributed by atoms with Crippen LogP contribution in [0.3, 0.4) is 0 Å². The normalized spacial score (nSPS) is 26.8. The second-order valence-corrected chi connectivity index (χ2v) is 4.42. The molecule has 2 N–H and O–H groups in total. The van der Waals surface area contributed by atoms with E-state index in [1.807, 2.05) is 6.92 Å². The van der Waals surface area contributed by atoms with E-state index < -0.39 is 18.1 Å². The molecular weight excluding hydrogens is 210 g/mol. The summed E-state index contributed by atoms with van der Waals surface area (Å²) in [5.41, 5.74) is 0. The van der Waals surface area contributed by atoms with Crippen LogP contribution in [0.15, 0.2) is 0 Å². The van der Waals surface area contributed by atoms with Crippen LogP contribution in [-0.4, -0.2) is 45.7 Å². The standard InChI is InChI=1S/C11H19NO4/c1-3-4-7(2)10(14)12-6-8(13)5-9(12)11(15)16/h7-9,13H,3-6H2,1-2H3,(H,15,16)/t7?,8-,9-/m1/s1. The number of carbonyl (C=O) groups excluding carboxylic acids is 1. The highest BCUT2D eigenvalue weighted by Gasteiger charge is 2.39. The number of hydrogen-bond donors (Lipinski definition) is 2. The molecule has 1 amide bonds. The second-order valence-electron chi connectivity index (χ2n) is 4.42. The Bertz CT molecular complexity index is 279. The number of aliphatic hydroxyl groups is 1. The SMILES string of the molecule is CCCC(C)C(=O)N1C[C@H](O)C[C@@H]1C(=O)O. The number of aliphatic hydroxyl groups excluding tert-OH is 1. The molecule has 1 aliphatic rings. The monoisotopic (exact) mass is 229 g/mol. The van der Waals surface area contributed by atoms with E-state index in [-0.39, 0.29) is 24.8 Å². The Kier molecular flexibility index (Phi) is 4.29. The van der Waals surface area contributed by atoms with Crippen LogP contribution in [0, 0.1) is 5.92 Å². The van der Waals surface area contributed by atoms with E-state index in [0.29, 0.717) is 0 Å². The highest BCUT2D eigenvalue weighted by molar-refractivity contribution is 5.85. The molecule has 92 valence electrons. The lowest BCUT2D eigenvalue weighted by molar-refractivity contribution is -0.149. The predicted molar refractivity (Wildman–Crippen MR) is 57.8 cm³/mol. The highest BCUT2D eigenvalue weighted by Crippen LogP contribution is 2.22. The number of rotatable bonds is 4. The van der Waals surface area contributed by atoms with Gasteiger partial charge >= 0.3 is 5.97 Å². The zero-order chi connectivity index (χ0) is 12.3. The van der Waals surface area contributed by atoms with Gasteiger partial charge in [-0.25, -0.2) is 4.79 Å². The number of aliphatic carboxylic acids is 1. The van der Waals surface area contributed by atoms with Gasteiger partial charge in [-0.3, -0.25) is 4.79 Å². The van der Waals surface area contributed by atoms with Gasteiger partial charge in [0.15, 0.2) is 0 Å². The first-order chi connectivity index (χ1) is 7.47. The maximum Gasteiger partial charge on any atom is 0.326 e. The van der Waals surface area contributed by atoms with Gasteiger partial charge in [0, 0.05) is 18.9 Å². The van der Waals surface area contributed by atoms with Gasteiger partial charge in [-0.2, -0.15) is 0 Å². The van der Waals surface area contributed by atoms with Crippen LogP contribution in [0.25, 0.3) is 0 Å². The fourth-order valence-corrected chi connectivity index (χ4v) is 2.13. The van der Waals surface area contributed by atoms with Crippen molar-refractivity contribution in [3.05, 3.63) is 0 Å². The third-order valence-corrected chi connectivity index (χ3v) is 2.99. The summed E-state index contributed by atoms with van der Waals surface area (Å²) >= 11 is 0. The third kappa shape index (κ3) is 2.72. The molecule has 1 heterocycles. The lowest BCUT2D eigenvalue weighted by atomic mass is 10.0. The molecule has 1 unspecified atom stereocenters. The number of amides is 1. The fraction of sp³-hybridized carbons (Fsp3) is 0.818. The first-order valence-corrected chi connectivity index (χ1v) is 5.68. The van der Waals surface area contributed by atoms with Crippen LogP contribution in [0.5, 0.6) is 0 Å². The minimum atomic E-state index is -1.03. The molecule has 16 heavy (non-hydrogen) atoms. The Labute approximate surface area is 95.1 Å². The molecule has 0 radical (unpaired) electrons. The van der Waals surface area contributed by atoms with E-state index in [2.05, 4.69) is 0 Å². The van der Waals surface area contributed by atoms with Crippen LogP contribution in [-0.2, 0) is 9.59 Å². The number of hydrogen-bond acceptors (Lipinski definition) is 3. The molecule has 3 atom stereocenters. The largest absolute Gasteiger partial charge is 0.480 e. The molecule has 0 bridgehead atoms. The smallest absolute Gasteiger partial charge is 0.326 e. The van der Waals surface area contributed by atoms with E-state index in [4.69, 9.17) is 5.11 Å². The van der Waals surface area contributed by atoms with Crippen LogP contribution >= 0.6 is 0 Å². The zero-order valence-electron chi connectivity index (χ0n) is 9.72. The molecule has 0 aliphatic carbocycles. The molecule has 1 rings (SSSR count). The van der Waals surface area contributed by atoms with Crippen molar-refractivity contribution in [2.45, 2.75) is 45.3 Å². The van der Waals surface area contributed by atoms with Gasteiger partial charge in [0.2, 0.25) is 5.91 Å². The number of nitrogens with zero attached hydrogens (tertiary/aromatic N) is 1. The molecule has 0 aromatic heterocycles. The van der Waals surface area contributed by atoms with Gasteiger partial charge in [0.25, 0.3) is 0 Å². The summed E-state index contributed by atoms with van der Waals surface area (Å²) in [5, 5.41) is 18.4. The zero-order valence-corrected chi connectivity index (χ0v) is 9.72. The fourth-order valence-electron chi connectivity index (χ4n) is 2.13. The van der Waals surface area contributed by atoms with Gasteiger partial charge in [-0.05, 0) is 6.42 Å². The van der Waals surface area contributed by atoms with Crippen molar-refractivity contribution in [1.82, 2.24) is 4.90 Å². The molecule has 1 saturated heterocycles. The molecule has 0 spiro atoms. The maximum absolute atomic E-state index is 11.9. The van der Waals surface area contributed by atoms with Crippen molar-refractivity contribution in [2.75, 3.05) is 6.54 Å². The van der Waals surface area contributed by atoms with Crippen molar-refractivity contribution < 1.29 is 19.8 Å². The van der Waals surface area contributed by atoms with Gasteiger partial charge in [0.05, 0.1) is 6.10 Å². The minimum absolute atomic E-state index is 0.139. The van der Waals surface area contributed by atoms with Crippen molar-refractivity contribution in [3.63, 3.8) is 0 Å². The molecule has 0 aromatic carbocycles. The van der Waals surface area contributed by atoms with Crippen molar-refractivity contribution in [2.24, 2.45) is 5.92 Å². The number of carboxylic acid groups (broad SMARTS) is 1. The minimum Gasteiger partial charge on any atom is -0.480 e. The Morgan fingerprint density at radius 2 is 2.12 bits per heavy atom. The molecule has 0 aromatic rings. The van der Waals surface area contributed by atoms with Crippen molar-refractivity contribution in [3.8, 4) is 0 Å². The van der Waals surface area contributed by atoms with E-state index >= 15 is 0 Å². The van der Waals surface area contributed by atoms with Crippen molar-refractivity contribution >= 4 is 11.9 Å². The summed E-state index contributed by atoms with van der Waals surface area (Å²) in [6.45, 7) is 3.93. The Morgan fingerprint density at radius 3 is 2.62 bits per heavy atom. The summed E-state index contributed by atoms with van der Waals surface area (Å²) in [5.74, 6) is -1.36. The topological polar surface area (TPSA) is 77.8 Å². The van der Waals surface area contributed by atoms with E-state index in [1.54, 1.807) is 6.92 Å². The van der Waals surface area contributed by atoms with Crippen LogP contribution < -0.4 is 0 Å². The summed E-state index contributed by atoms with van der Waals surface area (Å²) in [6.07, 6.45) is 1.07. The highest BCUT2D eigenvalue weighted by atomic mass is 16.4. The molecule has 5 heteroatoms. The molecule has 1 aliphatic heterocycles. The van der Waals surface area contributed by atoms with Crippen LogP contribution in [0.4, 0.5) is 0 Å². The third-order valence-electron chi connectivity index (χ3n) is 2.99. The molecule has 1 fully saturated rings. The Hall–Kier alpha value is -1.10. The average molecular weight is 229 g/mol. The predicted octanol–water partition coefficient (Wildman–Crippen LogP) is 0.469. The van der Waals surface area contributed by atoms with E-state index in [9.17, 15) is 14.7 Å². The Balaban J connectivity index is 2.70. The average Bonchev–Trinajstić information content (AvgIpc) is 2.59. The molecule has 5 nitrogen and oxygen atoms in total. The number of likely N-dealkylation sites (tertiary alicyclic amines) is 1. The van der Waals surface area contributed by atoms with Gasteiger partial charge < -0.3 is 15.1 Å². The quantitative estimate of drug-likeness (QED) is 0.734. The second kappa shape index (κ2) is 5.30. The summed E-state index contributed by atoms with van der Waals surface area (Å²) < 4.78 is 0. The maximum atomic E-state index is 11.9. The van der Waals surface area contributed by atoms with E-state index in [0.717, 1.165) is 12.8 Å². The lowest BCUT2D eigenvalue weighted by Crippen LogP contribution is -2.43. The number of carbonyl (C=O) groups is 2. The van der Waals surface area contributed by atoms with Gasteiger partial charge in [-0.15, -0.1) is 0 Å². The summed E-state index contributed by atoms with van der Waals surface area (Å²) in [6, 6.07) is -0.859. The van der Waals surface area contributed by atoms with Gasteiger partial charge in [-0.1, -0.05) is 20.3 Å². The molecular formula is C11H19NO4. The summed E-state index contributed by atoms with van der Waals surface area (Å²) in [4.78, 5) is 24.2. The lowest BCUT2D eigenvalue weighted by Gasteiger charge is -2.24. The number of β-amino-alcohol motifs (C(OH)–C–C–N with tert-alkyl or cyclic N) is 1. The number of carboxylic acids is 1. The van der Waals surface area contributed by atoms with Crippen LogP contribution in [0.2, 0.25) is 0 Å². The first-order valence-electron chi connectivity index (χ1n) is 5.68. The Morgan fingerprint density at radius 1 is 1.50 bits per heavy atom. The van der Waals surface area contributed by atoms with E-state index in [1.165, 1.54) is 4.90 Å². The van der Waals surface area contributed by atoms with Crippen molar-refractivity contribution in [1.29, 1.82) is 0 Å². The molecule has 0 saturated carbocycles. The van der Waals surface area contributed by atoms with Gasteiger partial charge in [0.1, 0.15) is 6.04 Å². The summed E-state index contributed by atoms with van der Waals surface area (Å²) in [7, 11) is 0. The van der Waals surface area contributed by atoms with Crippen LogP contribution in [0.1, 0.15) is 33.1 Å².